The molecule has 2 aromatic heterocycles. The number of fused-ring (bicyclic) bond motifs is 1. The van der Waals surface area contributed by atoms with Crippen molar-refractivity contribution in [1.82, 2.24) is 20.2 Å². The van der Waals surface area contributed by atoms with Gasteiger partial charge in [0.1, 0.15) is 5.82 Å². The van der Waals surface area contributed by atoms with E-state index < -0.39 is 0 Å². The highest BCUT2D eigenvalue weighted by molar-refractivity contribution is 5.81. The summed E-state index contributed by atoms with van der Waals surface area (Å²) in [5.74, 6) is 1.04. The van der Waals surface area contributed by atoms with E-state index in [0.717, 1.165) is 46.8 Å². The number of benzene rings is 1. The largest absolute Gasteiger partial charge is 0.379 e. The summed E-state index contributed by atoms with van der Waals surface area (Å²) in [5.41, 5.74) is 4.34. The zero-order chi connectivity index (χ0) is 13.2. The first-order valence-corrected chi connectivity index (χ1v) is 6.47. The summed E-state index contributed by atoms with van der Waals surface area (Å²) in [5, 5.41) is 11.5. The van der Waals surface area contributed by atoms with Gasteiger partial charge in [-0.25, -0.2) is 4.98 Å². The van der Waals surface area contributed by atoms with E-state index in [9.17, 15) is 0 Å². The molecular weight excluding hydrogens is 238 g/mol. The maximum atomic E-state index is 4.56. The maximum Gasteiger partial charge on any atom is 0.106 e. The van der Waals surface area contributed by atoms with E-state index >= 15 is 0 Å². The van der Waals surface area contributed by atoms with Gasteiger partial charge in [0.25, 0.3) is 0 Å². The second-order valence-electron chi connectivity index (χ2n) is 4.63. The van der Waals surface area contributed by atoms with Crippen molar-refractivity contribution in [3.8, 4) is 0 Å². The Labute approximate surface area is 111 Å². The number of anilines is 1. The minimum absolute atomic E-state index is 0.728. The Kier molecular flexibility index (Phi) is 2.95. The lowest BCUT2D eigenvalue weighted by atomic mass is 10.2. The van der Waals surface area contributed by atoms with Gasteiger partial charge in [-0.3, -0.25) is 5.10 Å². The Balaban J connectivity index is 1.75. The number of aromatic amines is 2. The van der Waals surface area contributed by atoms with Gasteiger partial charge in [0.15, 0.2) is 0 Å². The van der Waals surface area contributed by atoms with E-state index in [1.54, 1.807) is 0 Å². The van der Waals surface area contributed by atoms with Crippen LogP contribution in [0.3, 0.4) is 0 Å². The van der Waals surface area contributed by atoms with E-state index in [1.807, 2.05) is 18.3 Å². The summed E-state index contributed by atoms with van der Waals surface area (Å²) in [6.07, 6.45) is 2.76. The standard InChI is InChI=1S/C14H17N5/c1-3-14-17-9(2)13(18-14)8-15-11-4-5-12-10(6-11)7-16-19-12/h4-7,15H,3,8H2,1-2H3,(H,16,19)(H,17,18). The first-order chi connectivity index (χ1) is 9.26. The van der Waals surface area contributed by atoms with Crippen molar-refractivity contribution in [2.24, 2.45) is 0 Å². The fraction of sp³-hybridized carbons (Fsp3) is 0.286. The molecule has 0 amide bonds. The van der Waals surface area contributed by atoms with Crippen molar-refractivity contribution < 1.29 is 0 Å². The first kappa shape index (κ1) is 11.8. The number of rotatable bonds is 4. The van der Waals surface area contributed by atoms with Crippen molar-refractivity contribution in [3.05, 3.63) is 41.6 Å². The number of nitrogens with zero attached hydrogens (tertiary/aromatic N) is 2. The molecule has 3 N–H and O–H groups in total. The number of aromatic nitrogens is 4. The predicted molar refractivity (Wildman–Crippen MR) is 76.1 cm³/mol. The number of hydrogen-bond acceptors (Lipinski definition) is 3. The monoisotopic (exact) mass is 255 g/mol. The molecule has 0 aliphatic carbocycles. The van der Waals surface area contributed by atoms with Crippen LogP contribution in [-0.2, 0) is 13.0 Å². The zero-order valence-corrected chi connectivity index (χ0v) is 11.1. The van der Waals surface area contributed by atoms with Crippen molar-refractivity contribution in [2.45, 2.75) is 26.8 Å². The molecule has 98 valence electrons. The van der Waals surface area contributed by atoms with Crippen molar-refractivity contribution in [3.63, 3.8) is 0 Å². The summed E-state index contributed by atoms with van der Waals surface area (Å²) >= 11 is 0. The number of imidazole rings is 1. The molecule has 0 aliphatic rings. The normalized spacial score (nSPS) is 11.1. The SMILES string of the molecule is CCc1nc(CNc2ccc3[nH]ncc3c2)c(C)[nH]1. The van der Waals surface area contributed by atoms with Gasteiger partial charge in [-0.1, -0.05) is 6.92 Å². The van der Waals surface area contributed by atoms with Crippen molar-refractivity contribution in [2.75, 3.05) is 5.32 Å². The molecule has 0 radical (unpaired) electrons. The third kappa shape index (κ3) is 2.31. The topological polar surface area (TPSA) is 69.4 Å². The molecule has 3 rings (SSSR count). The van der Waals surface area contributed by atoms with E-state index in [-0.39, 0.29) is 0 Å². The number of nitrogens with one attached hydrogen (secondary N) is 3. The van der Waals surface area contributed by atoms with Crippen LogP contribution in [-0.4, -0.2) is 20.2 Å². The fourth-order valence-electron chi connectivity index (χ4n) is 2.14. The minimum atomic E-state index is 0.728. The zero-order valence-electron chi connectivity index (χ0n) is 11.1. The molecule has 1 aromatic carbocycles. The van der Waals surface area contributed by atoms with Crippen LogP contribution in [0, 0.1) is 6.92 Å². The van der Waals surface area contributed by atoms with E-state index in [2.05, 4.69) is 45.4 Å². The van der Waals surface area contributed by atoms with Gasteiger partial charge >= 0.3 is 0 Å². The lowest BCUT2D eigenvalue weighted by Gasteiger charge is -2.05. The highest BCUT2D eigenvalue weighted by Gasteiger charge is 2.05. The molecule has 0 unspecified atom stereocenters. The van der Waals surface area contributed by atoms with Gasteiger partial charge < -0.3 is 10.3 Å². The van der Waals surface area contributed by atoms with Gasteiger partial charge in [-0.2, -0.15) is 5.10 Å². The van der Waals surface area contributed by atoms with Crippen LogP contribution in [0.4, 0.5) is 5.69 Å². The quantitative estimate of drug-likeness (QED) is 0.671. The Hall–Kier alpha value is -2.30. The van der Waals surface area contributed by atoms with Crippen molar-refractivity contribution >= 4 is 16.6 Å². The molecule has 0 spiro atoms. The van der Waals surface area contributed by atoms with Gasteiger partial charge in [-0.05, 0) is 25.1 Å². The number of hydrogen-bond donors (Lipinski definition) is 3. The smallest absolute Gasteiger partial charge is 0.106 e. The van der Waals surface area contributed by atoms with E-state index in [4.69, 9.17) is 0 Å². The minimum Gasteiger partial charge on any atom is -0.379 e. The van der Waals surface area contributed by atoms with Crippen LogP contribution >= 0.6 is 0 Å². The molecule has 2 heterocycles. The second kappa shape index (κ2) is 4.76. The second-order valence-corrected chi connectivity index (χ2v) is 4.63. The molecule has 0 atom stereocenters. The molecule has 0 fully saturated rings. The third-order valence-electron chi connectivity index (χ3n) is 3.27. The maximum absolute atomic E-state index is 4.56. The molecule has 5 nitrogen and oxygen atoms in total. The molecule has 3 aromatic rings. The Morgan fingerprint density at radius 2 is 2.21 bits per heavy atom. The summed E-state index contributed by atoms with van der Waals surface area (Å²) in [6.45, 7) is 4.89. The summed E-state index contributed by atoms with van der Waals surface area (Å²) < 4.78 is 0. The number of aryl methyl sites for hydroxylation is 2. The highest BCUT2D eigenvalue weighted by atomic mass is 15.1. The molecule has 0 aliphatic heterocycles. The molecular formula is C14H17N5. The predicted octanol–water partition coefficient (Wildman–Crippen LogP) is 2.77. The lowest BCUT2D eigenvalue weighted by molar-refractivity contribution is 0.965. The van der Waals surface area contributed by atoms with Crippen molar-refractivity contribution in [1.29, 1.82) is 0 Å². The van der Waals surface area contributed by atoms with Gasteiger partial charge in [-0.15, -0.1) is 0 Å². The summed E-state index contributed by atoms with van der Waals surface area (Å²) in [7, 11) is 0. The first-order valence-electron chi connectivity index (χ1n) is 6.47. The summed E-state index contributed by atoms with van der Waals surface area (Å²) in [6, 6.07) is 6.16. The van der Waals surface area contributed by atoms with Crippen LogP contribution < -0.4 is 5.32 Å². The van der Waals surface area contributed by atoms with Crippen LogP contribution in [0.15, 0.2) is 24.4 Å². The van der Waals surface area contributed by atoms with Gasteiger partial charge in [0.05, 0.1) is 24.0 Å². The van der Waals surface area contributed by atoms with Crippen LogP contribution in [0.5, 0.6) is 0 Å². The number of H-pyrrole nitrogens is 2. The van der Waals surface area contributed by atoms with E-state index in [1.165, 1.54) is 0 Å². The van der Waals surface area contributed by atoms with Crippen LogP contribution in [0.25, 0.3) is 10.9 Å². The molecule has 0 saturated carbocycles. The van der Waals surface area contributed by atoms with Gasteiger partial charge in [0, 0.05) is 23.2 Å². The highest BCUT2D eigenvalue weighted by Crippen LogP contribution is 2.17. The average molecular weight is 255 g/mol. The van der Waals surface area contributed by atoms with Crippen LogP contribution in [0.2, 0.25) is 0 Å². The molecule has 0 bridgehead atoms. The molecule has 5 heteroatoms. The summed E-state index contributed by atoms with van der Waals surface area (Å²) in [4.78, 5) is 7.85. The Morgan fingerprint density at radius 3 is 3.00 bits per heavy atom. The Morgan fingerprint density at radius 1 is 1.32 bits per heavy atom. The van der Waals surface area contributed by atoms with E-state index in [0.29, 0.717) is 0 Å². The third-order valence-corrected chi connectivity index (χ3v) is 3.27. The lowest BCUT2D eigenvalue weighted by Crippen LogP contribution is -2.01. The Bertz CT molecular complexity index is 695. The molecule has 0 saturated heterocycles. The van der Waals surface area contributed by atoms with Gasteiger partial charge in [0.2, 0.25) is 0 Å². The van der Waals surface area contributed by atoms with Crippen LogP contribution in [0.1, 0.15) is 24.1 Å². The average Bonchev–Trinajstić information content (AvgIpc) is 3.02. The molecule has 19 heavy (non-hydrogen) atoms. The fourth-order valence-corrected chi connectivity index (χ4v) is 2.14.